The largest absolute Gasteiger partial charge is 0.493 e. The van der Waals surface area contributed by atoms with Crippen molar-refractivity contribution in [2.45, 2.75) is 18.0 Å². The Hall–Kier alpha value is -2.90. The summed E-state index contributed by atoms with van der Waals surface area (Å²) in [5.74, 6) is 0.344. The molecule has 2 aromatic rings. The van der Waals surface area contributed by atoms with Gasteiger partial charge in [-0.15, -0.1) is 0 Å². The van der Waals surface area contributed by atoms with E-state index in [1.165, 1.54) is 12.1 Å². The number of carbonyl (C=O) groups is 1. The van der Waals surface area contributed by atoms with Crippen LogP contribution in [0, 0.1) is 0 Å². The van der Waals surface area contributed by atoms with E-state index in [0.717, 1.165) is 18.2 Å². The monoisotopic (exact) mass is 373 g/mol. The summed E-state index contributed by atoms with van der Waals surface area (Å²) in [6.45, 7) is 3.61. The molecule has 3 rings (SSSR count). The normalized spacial score (nSPS) is 18.8. The molecule has 0 fully saturated rings. The Balaban J connectivity index is 1.79. The molecule has 0 unspecified atom stereocenters. The van der Waals surface area contributed by atoms with Crippen molar-refractivity contribution in [2.75, 3.05) is 6.61 Å². The Labute approximate surface area is 155 Å². The number of rotatable bonds is 4. The van der Waals surface area contributed by atoms with Crippen LogP contribution in [0.3, 0.4) is 0 Å². The molecule has 2 atom stereocenters. The lowest BCUT2D eigenvalue weighted by Crippen LogP contribution is -2.35. The number of alkyl halides is 3. The minimum absolute atomic E-state index is 0.193. The second-order valence-corrected chi connectivity index (χ2v) is 5.99. The average molecular weight is 373 g/mol. The van der Waals surface area contributed by atoms with Gasteiger partial charge in [0.25, 0.3) is 0 Å². The number of halogens is 3. The van der Waals surface area contributed by atoms with Gasteiger partial charge < -0.3 is 14.8 Å². The van der Waals surface area contributed by atoms with Gasteiger partial charge in [0.05, 0.1) is 26.1 Å². The summed E-state index contributed by atoms with van der Waals surface area (Å²) in [7, 11) is 6.01. The number of hydrogen-bond acceptors (Lipinski definition) is 3. The van der Waals surface area contributed by atoms with Gasteiger partial charge in [-0.3, -0.25) is 4.79 Å². The molecule has 27 heavy (non-hydrogen) atoms. The molecule has 0 aliphatic carbocycles. The van der Waals surface area contributed by atoms with E-state index in [9.17, 15) is 18.0 Å². The fourth-order valence-electron chi connectivity index (χ4n) is 2.72. The molecule has 1 heterocycles. The number of hydrogen-bond donors (Lipinski definition) is 1. The highest BCUT2D eigenvalue weighted by molar-refractivity contribution is 6.12. The molecular weight excluding hydrogens is 358 g/mol. The first-order chi connectivity index (χ1) is 12.8. The van der Waals surface area contributed by atoms with Gasteiger partial charge >= 0.3 is 6.18 Å². The fourth-order valence-corrected chi connectivity index (χ4v) is 2.72. The Kier molecular flexibility index (Phi) is 5.16. The molecule has 1 aliphatic heterocycles. The predicted molar refractivity (Wildman–Crippen MR) is 94.0 cm³/mol. The number of fused-ring (bicyclic) bond motifs is 1. The predicted octanol–water partition coefficient (Wildman–Crippen LogP) is 4.19. The van der Waals surface area contributed by atoms with Crippen molar-refractivity contribution in [3.05, 3.63) is 66.2 Å². The van der Waals surface area contributed by atoms with Gasteiger partial charge in [0.2, 0.25) is 5.91 Å². The van der Waals surface area contributed by atoms with Crippen molar-refractivity contribution in [2.24, 2.45) is 0 Å². The lowest BCUT2D eigenvalue weighted by atomic mass is 9.76. The molecule has 0 spiro atoms. The van der Waals surface area contributed by atoms with E-state index >= 15 is 0 Å². The maximum Gasteiger partial charge on any atom is 0.416 e. The lowest BCUT2D eigenvalue weighted by molar-refractivity contribution is -0.137. The Morgan fingerprint density at radius 2 is 1.89 bits per heavy atom. The van der Waals surface area contributed by atoms with Gasteiger partial charge in [-0.2, -0.15) is 13.2 Å². The number of nitrogens with one attached hydrogen (secondary N) is 1. The Bertz CT molecular complexity index is 852. The molecule has 2 aromatic carbocycles. The van der Waals surface area contributed by atoms with Crippen LogP contribution in [0.5, 0.6) is 17.2 Å². The third-order valence-electron chi connectivity index (χ3n) is 4.08. The second-order valence-electron chi connectivity index (χ2n) is 5.99. The minimum atomic E-state index is -4.40. The van der Waals surface area contributed by atoms with Crippen LogP contribution in [0.4, 0.5) is 13.2 Å². The summed E-state index contributed by atoms with van der Waals surface area (Å²) in [6, 6.07) is 8.87. The minimum Gasteiger partial charge on any atom is -0.493 e. The van der Waals surface area contributed by atoms with Gasteiger partial charge in [-0.1, -0.05) is 6.58 Å². The van der Waals surface area contributed by atoms with Crippen LogP contribution in [0.2, 0.25) is 5.82 Å². The van der Waals surface area contributed by atoms with Crippen molar-refractivity contribution >= 4 is 13.8 Å². The highest BCUT2D eigenvalue weighted by Gasteiger charge is 2.30. The molecule has 0 saturated carbocycles. The summed E-state index contributed by atoms with van der Waals surface area (Å²) in [4.78, 5) is 11.6. The van der Waals surface area contributed by atoms with Crippen LogP contribution in [0.1, 0.15) is 17.2 Å². The van der Waals surface area contributed by atoms with E-state index in [2.05, 4.69) is 11.9 Å². The molecule has 1 aliphatic rings. The van der Waals surface area contributed by atoms with Crippen LogP contribution in [0.15, 0.2) is 55.1 Å². The topological polar surface area (TPSA) is 47.6 Å². The van der Waals surface area contributed by atoms with Gasteiger partial charge in [0.1, 0.15) is 17.2 Å². The van der Waals surface area contributed by atoms with Crippen molar-refractivity contribution in [1.82, 2.24) is 5.32 Å². The molecule has 1 amide bonds. The van der Waals surface area contributed by atoms with E-state index < -0.39 is 23.6 Å². The standard InChI is InChI=1S/C19H15BF3NO3/c1-2-17(25)24-18-14-8-7-13(9-16(14)26-10-15(18)20)27-12-5-3-11(4-6-12)19(21,22)23/h2-9,15,18H,1,10H2,(H,24,25)/t15-,18+/m0/s1. The highest BCUT2D eigenvalue weighted by Crippen LogP contribution is 2.40. The van der Waals surface area contributed by atoms with Crippen molar-refractivity contribution in [3.8, 4) is 17.2 Å². The second kappa shape index (κ2) is 7.38. The number of benzene rings is 2. The van der Waals surface area contributed by atoms with Crippen molar-refractivity contribution in [3.63, 3.8) is 0 Å². The zero-order valence-corrected chi connectivity index (χ0v) is 14.1. The molecule has 4 nitrogen and oxygen atoms in total. The van der Waals surface area contributed by atoms with Crippen LogP contribution < -0.4 is 14.8 Å². The summed E-state index contributed by atoms with van der Waals surface area (Å²) >= 11 is 0. The van der Waals surface area contributed by atoms with Crippen LogP contribution in [-0.2, 0) is 11.0 Å². The molecular formula is C19H15BF3NO3. The maximum atomic E-state index is 12.6. The van der Waals surface area contributed by atoms with Crippen LogP contribution in [0.25, 0.3) is 0 Å². The van der Waals surface area contributed by atoms with Gasteiger partial charge in [0.15, 0.2) is 0 Å². The third kappa shape index (κ3) is 4.27. The van der Waals surface area contributed by atoms with Crippen molar-refractivity contribution < 1.29 is 27.4 Å². The molecule has 138 valence electrons. The Morgan fingerprint density at radius 1 is 1.22 bits per heavy atom. The third-order valence-corrected chi connectivity index (χ3v) is 4.08. The lowest BCUT2D eigenvalue weighted by Gasteiger charge is -2.32. The van der Waals surface area contributed by atoms with Gasteiger partial charge in [-0.25, -0.2) is 0 Å². The van der Waals surface area contributed by atoms with E-state index in [4.69, 9.17) is 17.3 Å². The van der Waals surface area contributed by atoms with E-state index in [-0.39, 0.29) is 18.3 Å². The summed E-state index contributed by atoms with van der Waals surface area (Å²) in [5.41, 5.74) is -0.0675. The fraction of sp³-hybridized carbons (Fsp3) is 0.211. The summed E-state index contributed by atoms with van der Waals surface area (Å²) in [6.07, 6.45) is -3.24. The van der Waals surface area contributed by atoms with E-state index in [1.54, 1.807) is 18.2 Å². The van der Waals surface area contributed by atoms with Crippen LogP contribution >= 0.6 is 0 Å². The maximum absolute atomic E-state index is 12.6. The first-order valence-corrected chi connectivity index (χ1v) is 8.08. The summed E-state index contributed by atoms with van der Waals surface area (Å²) < 4.78 is 49.0. The zero-order valence-electron chi connectivity index (χ0n) is 14.1. The first kappa shape index (κ1) is 18.9. The SMILES string of the molecule is [B][C@H]1COc2cc(Oc3ccc(C(F)(F)F)cc3)ccc2[C@H]1NC(=O)C=C. The molecule has 8 heteroatoms. The quantitative estimate of drug-likeness (QED) is 0.646. The average Bonchev–Trinajstić information content (AvgIpc) is 2.63. The summed E-state index contributed by atoms with van der Waals surface area (Å²) in [5, 5.41) is 2.75. The molecule has 1 N–H and O–H groups in total. The zero-order chi connectivity index (χ0) is 19.6. The molecule has 0 bridgehead atoms. The van der Waals surface area contributed by atoms with Crippen molar-refractivity contribution in [1.29, 1.82) is 0 Å². The van der Waals surface area contributed by atoms with E-state index in [1.807, 2.05) is 0 Å². The molecule has 0 saturated heterocycles. The Morgan fingerprint density at radius 3 is 2.52 bits per heavy atom. The highest BCUT2D eigenvalue weighted by atomic mass is 19.4. The molecule has 2 radical (unpaired) electrons. The first-order valence-electron chi connectivity index (χ1n) is 8.08. The van der Waals surface area contributed by atoms with Gasteiger partial charge in [0, 0.05) is 11.6 Å². The van der Waals surface area contributed by atoms with Crippen LogP contribution in [-0.4, -0.2) is 20.4 Å². The van der Waals surface area contributed by atoms with E-state index in [0.29, 0.717) is 17.1 Å². The number of amides is 1. The van der Waals surface area contributed by atoms with Gasteiger partial charge in [-0.05, 0) is 48.3 Å². The smallest absolute Gasteiger partial charge is 0.416 e. The number of carbonyl (C=O) groups excluding carboxylic acids is 1. The molecule has 0 aromatic heterocycles. The number of ether oxygens (including phenoxy) is 2.